The second-order valence-electron chi connectivity index (χ2n) is 25.4. The smallest absolute Gasteiger partial charge is 0.272 e. The largest absolute Gasteiger partial charge is 0.370 e. The summed E-state index contributed by atoms with van der Waals surface area (Å²) in [4.78, 5) is 148. The Bertz CT molecular complexity index is 5320. The van der Waals surface area contributed by atoms with Crippen molar-refractivity contribution < 1.29 is 43.2 Å². The molecule has 5 heterocycles. The number of benzene rings is 5. The first kappa shape index (κ1) is 84.0. The lowest BCUT2D eigenvalue weighted by atomic mass is 10.1. The van der Waals surface area contributed by atoms with E-state index in [-0.39, 0.29) is 173 Å². The number of anilines is 4. The van der Waals surface area contributed by atoms with Crippen LogP contribution in [0, 0.1) is 5.92 Å². The van der Waals surface area contributed by atoms with E-state index < -0.39 is 0 Å². The standard InChI is InChI=1S/C25H29N11O3.C25H35N11O3.C23H28N10O3/c26-24(27)32-8-6-30-21(37)14-4-5-16-15(10-14)12-19(34-16)23(39)36-17-3-1-2-13-11-18(35-20(13)17)22(38)31-7-9-33-25(28)29;1-14(2)12-36-13-17(11-20(36)23(39)30-7-8-32-25(28)29)34-22(38)19-10-15-9-16(3-4-18(15)35-19)33-21(37)5-6-31-24(26)27;24-22(25)30-10-8-28-19(34)13-4-6-14(7-5-13)20(35)33-16-3-1-2-15-12-17(32-18(15)16)21(36)29-9-11-31-23(26)27/h1-5,10-12,34-35H,6-9H2,(H,30,37)(H,31,38)(H,36,39)(H4,26,27,32)(H4,28,29,33);3-4,9-11,13-14,35H,5-8,12H2,1-2H3,(H,30,39)(H,33,37)(H,34,38)(H4,26,27,31)(H4,28,29,32);1-7,12,32H,8-11H2,(H,28,34)(H,29,36)(H,33,35)(H4,24,25,30)(H4,26,27,31). The van der Waals surface area contributed by atoms with Gasteiger partial charge in [0.05, 0.1) is 67.4 Å². The molecule has 0 aliphatic carbocycles. The normalized spacial score (nSPS) is 10.6. The molecule has 37 N–H and O–H groups in total. The summed E-state index contributed by atoms with van der Waals surface area (Å²) in [5.41, 5.74) is 70.8. The van der Waals surface area contributed by atoms with Gasteiger partial charge in [0.1, 0.15) is 28.5 Å². The van der Waals surface area contributed by atoms with Crippen LogP contribution in [0.3, 0.4) is 0 Å². The van der Waals surface area contributed by atoms with Crippen molar-refractivity contribution in [1.29, 1.82) is 0 Å². The van der Waals surface area contributed by atoms with Gasteiger partial charge in [0, 0.05) is 107 Å². The molecular weight excluding hydrogens is 1470 g/mol. The van der Waals surface area contributed by atoms with Crippen LogP contribution in [0.5, 0.6) is 0 Å². The van der Waals surface area contributed by atoms with Crippen LogP contribution in [0.1, 0.15) is 104 Å². The van der Waals surface area contributed by atoms with Crippen molar-refractivity contribution >= 4 is 155 Å². The summed E-state index contributed by atoms with van der Waals surface area (Å²) >= 11 is 0. The van der Waals surface area contributed by atoms with Gasteiger partial charge >= 0.3 is 0 Å². The molecule has 114 heavy (non-hydrogen) atoms. The minimum Gasteiger partial charge on any atom is -0.370 e. The van der Waals surface area contributed by atoms with Gasteiger partial charge in [0.2, 0.25) is 5.91 Å². The third kappa shape index (κ3) is 25.5. The van der Waals surface area contributed by atoms with Crippen LogP contribution >= 0.6 is 0 Å². The van der Waals surface area contributed by atoms with E-state index in [9.17, 15) is 43.2 Å². The lowest BCUT2D eigenvalue weighted by molar-refractivity contribution is -0.116. The quantitative estimate of drug-likeness (QED) is 0.0148. The minimum absolute atomic E-state index is 0.0433. The number of guanidine groups is 6. The molecule has 9 amide bonds. The number of nitrogens with zero attached hydrogens (tertiary/aromatic N) is 7. The Morgan fingerprint density at radius 1 is 0.351 bits per heavy atom. The van der Waals surface area contributed by atoms with Crippen LogP contribution in [-0.2, 0) is 11.3 Å². The lowest BCUT2D eigenvalue weighted by Gasteiger charge is -2.11. The molecule has 41 nitrogen and oxygen atoms in total. The van der Waals surface area contributed by atoms with Crippen molar-refractivity contribution in [3.8, 4) is 0 Å². The number of hydrogen-bond acceptors (Lipinski definition) is 15. The molecule has 10 rings (SSSR count). The SMILES string of the molecule is CC(C)Cn1cc(NC(=O)c2cc3cc(NC(=O)CCN=C(N)N)ccc3[nH]2)cc1C(=O)NCCN=C(N)N.NC(N)=NCCNC(=O)c1ccc(C(=O)Nc2cccc3cc(C(=O)NCCN=C(N)N)[nH]c23)cc1.NC(N)=NCCNC(=O)c1ccc2[nH]c(C(=O)Nc3cccc4cc(C(=O)NCCN=C(N)N)[nH]c34)cc2c1. The number of aliphatic imine (C=N–C) groups is 6. The van der Waals surface area contributed by atoms with E-state index in [0.29, 0.717) is 96.4 Å². The van der Waals surface area contributed by atoms with Crippen LogP contribution in [-0.4, -0.2) is 185 Å². The number of fused-ring (bicyclic) bond motifs is 4. The first-order chi connectivity index (χ1) is 54.5. The molecule has 5 aromatic heterocycles. The van der Waals surface area contributed by atoms with Crippen molar-refractivity contribution in [3.63, 3.8) is 0 Å². The molecule has 0 radical (unpaired) electrons. The second-order valence-corrected chi connectivity index (χ2v) is 25.4. The fourth-order valence-corrected chi connectivity index (χ4v) is 10.9. The zero-order valence-electron chi connectivity index (χ0n) is 62.2. The molecule has 0 atom stereocenters. The van der Waals surface area contributed by atoms with Crippen LogP contribution in [0.2, 0.25) is 0 Å². The fourth-order valence-electron chi connectivity index (χ4n) is 10.9. The molecule has 0 unspecified atom stereocenters. The molecule has 0 fully saturated rings. The van der Waals surface area contributed by atoms with Crippen molar-refractivity contribution in [2.75, 3.05) is 93.3 Å². The fraction of sp³-hybridized carbons (Fsp3) is 0.219. The predicted octanol–water partition coefficient (Wildman–Crippen LogP) is -0.183. The molecule has 0 bridgehead atoms. The van der Waals surface area contributed by atoms with Crippen molar-refractivity contribution in [3.05, 3.63) is 179 Å². The van der Waals surface area contributed by atoms with Gasteiger partial charge in [-0.25, -0.2) is 0 Å². The number of nitrogens with one attached hydrogen (secondary N) is 13. The maximum absolute atomic E-state index is 13.1. The molecule has 598 valence electrons. The molecule has 5 aromatic carbocycles. The van der Waals surface area contributed by atoms with E-state index in [1.165, 1.54) is 0 Å². The number of amides is 9. The third-order valence-electron chi connectivity index (χ3n) is 16.0. The highest BCUT2D eigenvalue weighted by molar-refractivity contribution is 6.13. The van der Waals surface area contributed by atoms with Crippen molar-refractivity contribution in [1.82, 2.24) is 51.1 Å². The topological polar surface area (TPSA) is 716 Å². The van der Waals surface area contributed by atoms with Crippen LogP contribution < -0.4 is 117 Å². The number of rotatable bonds is 32. The van der Waals surface area contributed by atoms with Gasteiger partial charge in [-0.2, -0.15) is 0 Å². The summed E-state index contributed by atoms with van der Waals surface area (Å²) in [6, 6.07) is 35.4. The molecule has 0 saturated heterocycles. The van der Waals surface area contributed by atoms with Crippen LogP contribution in [0.25, 0.3) is 43.6 Å². The Labute approximate surface area is 650 Å². The van der Waals surface area contributed by atoms with E-state index in [0.717, 1.165) is 21.7 Å². The summed E-state index contributed by atoms with van der Waals surface area (Å²) in [6.07, 6.45) is 1.85. The molecule has 10 aromatic rings. The summed E-state index contributed by atoms with van der Waals surface area (Å²) < 4.78 is 1.80. The number of para-hydroxylation sites is 2. The van der Waals surface area contributed by atoms with E-state index in [2.05, 4.69) is 97.7 Å². The van der Waals surface area contributed by atoms with Gasteiger partial charge in [-0.15, -0.1) is 0 Å². The molecule has 41 heteroatoms. The minimum atomic E-state index is -0.389. The van der Waals surface area contributed by atoms with Crippen molar-refractivity contribution in [2.24, 2.45) is 105 Å². The maximum Gasteiger partial charge on any atom is 0.272 e. The summed E-state index contributed by atoms with van der Waals surface area (Å²) in [6.45, 7) is 7.47. The molecule has 0 saturated carbocycles. The highest BCUT2D eigenvalue weighted by Crippen LogP contribution is 2.28. The Balaban J connectivity index is 0.000000214. The highest BCUT2D eigenvalue weighted by atomic mass is 16.2. The van der Waals surface area contributed by atoms with Gasteiger partial charge in [-0.05, 0) is 109 Å². The molecule has 0 spiro atoms. The molecule has 0 aliphatic heterocycles. The summed E-state index contributed by atoms with van der Waals surface area (Å²) in [5, 5.41) is 27.9. The molecule has 0 aliphatic rings. The van der Waals surface area contributed by atoms with Gasteiger partial charge in [0.15, 0.2) is 35.8 Å². The summed E-state index contributed by atoms with van der Waals surface area (Å²) in [5.74, 6) is -2.99. The first-order valence-corrected chi connectivity index (χ1v) is 35.2. The summed E-state index contributed by atoms with van der Waals surface area (Å²) in [7, 11) is 0. The van der Waals surface area contributed by atoms with Gasteiger partial charge in [-0.3, -0.25) is 73.1 Å². The van der Waals surface area contributed by atoms with Gasteiger partial charge in [-0.1, -0.05) is 38.1 Å². The predicted molar refractivity (Wildman–Crippen MR) is 442 cm³/mol. The zero-order valence-corrected chi connectivity index (χ0v) is 62.2. The Kier molecular flexibility index (Phi) is 29.9. The second kappa shape index (κ2) is 40.5. The average molecular weight is 1560 g/mol. The maximum atomic E-state index is 13.1. The Morgan fingerprint density at radius 2 is 0.728 bits per heavy atom. The number of carbonyl (C=O) groups is 9. The lowest BCUT2D eigenvalue weighted by Crippen LogP contribution is -2.30. The first-order valence-electron chi connectivity index (χ1n) is 35.2. The third-order valence-corrected chi connectivity index (χ3v) is 16.0. The van der Waals surface area contributed by atoms with E-state index in [1.807, 2.05) is 26.0 Å². The Morgan fingerprint density at radius 3 is 1.19 bits per heavy atom. The van der Waals surface area contributed by atoms with E-state index in [1.54, 1.807) is 126 Å². The van der Waals surface area contributed by atoms with Crippen molar-refractivity contribution in [2.45, 2.75) is 26.8 Å². The number of aromatic amines is 4. The van der Waals surface area contributed by atoms with Gasteiger partial charge in [0.25, 0.3) is 47.3 Å². The number of H-pyrrole nitrogens is 4. The van der Waals surface area contributed by atoms with E-state index in [4.69, 9.17) is 68.8 Å². The highest BCUT2D eigenvalue weighted by Gasteiger charge is 2.21. The average Bonchev–Trinajstić information content (AvgIpc) is 1.66. The monoisotopic (exact) mass is 1560 g/mol. The number of hydrogen-bond donors (Lipinski definition) is 25. The number of aromatic nitrogens is 5. The zero-order chi connectivity index (χ0) is 82.5. The van der Waals surface area contributed by atoms with Gasteiger partial charge < -0.3 is 141 Å². The molecular formula is C73H92N32O9. The number of carbonyl (C=O) groups excluding carboxylic acids is 9. The van der Waals surface area contributed by atoms with E-state index >= 15 is 0 Å². The Hall–Kier alpha value is -15.6. The number of nitrogens with two attached hydrogens (primary N) is 12. The van der Waals surface area contributed by atoms with Crippen LogP contribution in [0.4, 0.5) is 22.7 Å². The van der Waals surface area contributed by atoms with Crippen LogP contribution in [0.15, 0.2) is 164 Å².